The zero-order valence-corrected chi connectivity index (χ0v) is 11.8. The van der Waals surface area contributed by atoms with E-state index in [0.717, 1.165) is 20.9 Å². The average Bonchev–Trinajstić information content (AvgIpc) is 2.34. The molecule has 0 radical (unpaired) electrons. The highest BCUT2D eigenvalue weighted by atomic mass is 32.8. The second kappa shape index (κ2) is 5.08. The fraction of sp³-hybridized carbons (Fsp3) is 0.143. The van der Waals surface area contributed by atoms with Crippen LogP contribution in [0, 0.1) is 13.8 Å². The van der Waals surface area contributed by atoms with Crippen LogP contribution in [0.1, 0.15) is 11.1 Å². The van der Waals surface area contributed by atoms with E-state index in [9.17, 15) is 10.2 Å². The van der Waals surface area contributed by atoms with Crippen molar-refractivity contribution in [2.45, 2.75) is 23.6 Å². The molecule has 2 rings (SSSR count). The lowest BCUT2D eigenvalue weighted by molar-refractivity contribution is 0.473. The van der Waals surface area contributed by atoms with Gasteiger partial charge in [-0.05, 0) is 60.4 Å². The molecular weight excluding hydrogens is 264 g/mol. The van der Waals surface area contributed by atoms with Gasteiger partial charge < -0.3 is 10.2 Å². The number of phenolic OH excluding ortho intramolecular Hbond substituents is 2. The number of aryl methyl sites for hydroxylation is 2. The Bertz CT molecular complexity index is 568. The van der Waals surface area contributed by atoms with Gasteiger partial charge in [0.25, 0.3) is 0 Å². The van der Waals surface area contributed by atoms with Crippen molar-refractivity contribution in [2.75, 3.05) is 0 Å². The first-order chi connectivity index (χ1) is 8.49. The van der Waals surface area contributed by atoms with E-state index in [1.807, 2.05) is 26.0 Å². The van der Waals surface area contributed by atoms with Gasteiger partial charge in [-0.15, -0.1) is 0 Å². The molecule has 0 unspecified atom stereocenters. The Labute approximate surface area is 114 Å². The number of hydrogen-bond donors (Lipinski definition) is 2. The van der Waals surface area contributed by atoms with Crippen molar-refractivity contribution in [1.29, 1.82) is 0 Å². The summed E-state index contributed by atoms with van der Waals surface area (Å²) in [6.07, 6.45) is 0. The average molecular weight is 278 g/mol. The van der Waals surface area contributed by atoms with Gasteiger partial charge in [-0.25, -0.2) is 0 Å². The van der Waals surface area contributed by atoms with E-state index < -0.39 is 9.45 Å². The summed E-state index contributed by atoms with van der Waals surface area (Å²) in [6, 6.07) is 10.4. The summed E-state index contributed by atoms with van der Waals surface area (Å²) in [4.78, 5) is 1.86. The zero-order chi connectivity index (χ0) is 13.3. The molecule has 4 heteroatoms. The molecule has 0 aliphatic heterocycles. The molecule has 0 spiro atoms. The minimum atomic E-state index is -0.577. The molecule has 0 aliphatic rings. The van der Waals surface area contributed by atoms with E-state index in [-0.39, 0.29) is 11.5 Å². The van der Waals surface area contributed by atoms with Crippen molar-refractivity contribution < 1.29 is 10.2 Å². The Kier molecular flexibility index (Phi) is 3.68. The highest BCUT2D eigenvalue weighted by Gasteiger charge is 2.10. The van der Waals surface area contributed by atoms with E-state index in [1.165, 1.54) is 0 Å². The lowest BCUT2D eigenvalue weighted by Crippen LogP contribution is -1.96. The molecule has 0 fully saturated rings. The van der Waals surface area contributed by atoms with E-state index in [1.54, 1.807) is 24.3 Å². The highest BCUT2D eigenvalue weighted by Crippen LogP contribution is 2.28. The topological polar surface area (TPSA) is 40.5 Å². The summed E-state index contributed by atoms with van der Waals surface area (Å²) in [5.74, 6) is 0.437. The van der Waals surface area contributed by atoms with Gasteiger partial charge in [0.1, 0.15) is 11.5 Å². The molecule has 2 aromatic carbocycles. The Morgan fingerprint density at radius 2 is 1.22 bits per heavy atom. The van der Waals surface area contributed by atoms with E-state index >= 15 is 0 Å². The molecule has 18 heavy (non-hydrogen) atoms. The van der Waals surface area contributed by atoms with Gasteiger partial charge in [-0.3, -0.25) is 0 Å². The lowest BCUT2D eigenvalue weighted by Gasteiger charge is -2.12. The van der Waals surface area contributed by atoms with Crippen molar-refractivity contribution in [2.24, 2.45) is 0 Å². The molecule has 2 nitrogen and oxygen atoms in total. The van der Waals surface area contributed by atoms with E-state index in [2.05, 4.69) is 0 Å². The van der Waals surface area contributed by atoms with E-state index in [4.69, 9.17) is 11.2 Å². The van der Waals surface area contributed by atoms with Crippen LogP contribution in [0.5, 0.6) is 11.5 Å². The molecule has 0 saturated carbocycles. The van der Waals surface area contributed by atoms with Gasteiger partial charge >= 0.3 is 0 Å². The number of phenols is 2. The summed E-state index contributed by atoms with van der Waals surface area (Å²) in [7, 11) is -0.577. The minimum Gasteiger partial charge on any atom is -0.508 e. The minimum absolute atomic E-state index is 0.218. The molecule has 0 bridgehead atoms. The molecule has 0 heterocycles. The monoisotopic (exact) mass is 278 g/mol. The Balaban J connectivity index is 2.54. The van der Waals surface area contributed by atoms with Gasteiger partial charge in [-0.2, -0.15) is 0 Å². The van der Waals surface area contributed by atoms with Crippen LogP contribution >= 0.6 is 0 Å². The van der Waals surface area contributed by atoms with Crippen LogP contribution in [-0.2, 0) is 20.6 Å². The number of rotatable bonds is 2. The second-order valence-electron chi connectivity index (χ2n) is 4.17. The fourth-order valence-electron chi connectivity index (χ4n) is 1.70. The molecule has 0 amide bonds. The van der Waals surface area contributed by atoms with E-state index in [0.29, 0.717) is 0 Å². The maximum Gasteiger partial charge on any atom is 0.116 e. The predicted octanol–water partition coefficient (Wildman–Crippen LogP) is 3.21. The second-order valence-corrected chi connectivity index (χ2v) is 6.59. The van der Waals surface area contributed by atoms with Crippen LogP contribution in [0.25, 0.3) is 0 Å². The van der Waals surface area contributed by atoms with Gasteiger partial charge in [0.2, 0.25) is 0 Å². The van der Waals surface area contributed by atoms with Gasteiger partial charge in [-0.1, -0.05) is 21.6 Å². The largest absolute Gasteiger partial charge is 0.508 e. The van der Waals surface area contributed by atoms with Gasteiger partial charge in [0, 0.05) is 9.79 Å². The fourth-order valence-corrected chi connectivity index (χ4v) is 4.19. The normalized spacial score (nSPS) is 10.8. The lowest BCUT2D eigenvalue weighted by atomic mass is 10.2. The standard InChI is InChI=1S/C14H14O2S2/c1-9-3-5-11(15)7-13(9)18(17)14-8-12(16)6-4-10(14)2/h3-8,15-16H,1-2H3. The van der Waals surface area contributed by atoms with Gasteiger partial charge in [0.05, 0.1) is 0 Å². The highest BCUT2D eigenvalue weighted by molar-refractivity contribution is 8.29. The molecule has 2 aromatic rings. The van der Waals surface area contributed by atoms with Gasteiger partial charge in [0.15, 0.2) is 0 Å². The van der Waals surface area contributed by atoms with Crippen molar-refractivity contribution in [1.82, 2.24) is 0 Å². The molecule has 0 aliphatic carbocycles. The van der Waals surface area contributed by atoms with Crippen molar-refractivity contribution in [3.05, 3.63) is 47.5 Å². The van der Waals surface area contributed by atoms with Crippen LogP contribution in [0.4, 0.5) is 0 Å². The summed E-state index contributed by atoms with van der Waals surface area (Å²) in [5.41, 5.74) is 2.10. The Hall–Kier alpha value is -1.39. The van der Waals surface area contributed by atoms with Crippen LogP contribution < -0.4 is 0 Å². The quantitative estimate of drug-likeness (QED) is 0.886. The van der Waals surface area contributed by atoms with Crippen molar-refractivity contribution in [3.8, 4) is 11.5 Å². The first-order valence-corrected chi connectivity index (χ1v) is 7.65. The number of hydrogen-bond acceptors (Lipinski definition) is 3. The molecule has 0 aromatic heterocycles. The Morgan fingerprint density at radius 1 is 0.833 bits per heavy atom. The van der Waals surface area contributed by atoms with Crippen LogP contribution in [0.15, 0.2) is 46.2 Å². The summed E-state index contributed by atoms with van der Waals surface area (Å²) in [5, 5.41) is 19.1. The predicted molar refractivity (Wildman–Crippen MR) is 76.9 cm³/mol. The SMILES string of the molecule is Cc1ccc(O)cc1S(=S)c1cc(O)ccc1C. The molecule has 94 valence electrons. The number of benzene rings is 2. The van der Waals surface area contributed by atoms with Crippen LogP contribution in [-0.4, -0.2) is 10.2 Å². The summed E-state index contributed by atoms with van der Waals surface area (Å²) < 4.78 is 0. The maximum absolute atomic E-state index is 9.57. The third-order valence-corrected chi connectivity index (χ3v) is 5.50. The third-order valence-electron chi connectivity index (χ3n) is 2.74. The smallest absolute Gasteiger partial charge is 0.116 e. The Morgan fingerprint density at radius 3 is 1.61 bits per heavy atom. The first-order valence-electron chi connectivity index (χ1n) is 5.50. The number of aromatic hydroxyl groups is 2. The van der Waals surface area contributed by atoms with Crippen molar-refractivity contribution in [3.63, 3.8) is 0 Å². The molecule has 2 N–H and O–H groups in total. The summed E-state index contributed by atoms with van der Waals surface area (Å²) >= 11 is 5.57. The van der Waals surface area contributed by atoms with Crippen molar-refractivity contribution >= 4 is 20.6 Å². The summed E-state index contributed by atoms with van der Waals surface area (Å²) in [6.45, 7) is 3.94. The molecule has 0 atom stereocenters. The zero-order valence-electron chi connectivity index (χ0n) is 10.2. The molecule has 0 saturated heterocycles. The maximum atomic E-state index is 9.57. The van der Waals surface area contributed by atoms with Crippen LogP contribution in [0.2, 0.25) is 0 Å². The first kappa shape index (κ1) is 13.1. The third kappa shape index (κ3) is 2.54. The molecular formula is C14H14O2S2. The van der Waals surface area contributed by atoms with Crippen LogP contribution in [0.3, 0.4) is 0 Å².